The number of pyridine rings is 2. The van der Waals surface area contributed by atoms with Crippen molar-refractivity contribution in [2.75, 3.05) is 10.2 Å². The zero-order chi connectivity index (χ0) is 23.2. The fraction of sp³-hybridized carbons (Fsp3) is 0.0417. The summed E-state index contributed by atoms with van der Waals surface area (Å²) in [6.07, 6.45) is 3.23. The van der Waals surface area contributed by atoms with E-state index in [2.05, 4.69) is 20.0 Å². The first-order valence-electron chi connectivity index (χ1n) is 9.88. The van der Waals surface area contributed by atoms with E-state index in [4.69, 9.17) is 5.73 Å². The van der Waals surface area contributed by atoms with Gasteiger partial charge in [-0.05, 0) is 71.8 Å². The number of rotatable bonds is 7. The number of primary amides is 1. The van der Waals surface area contributed by atoms with Crippen molar-refractivity contribution in [2.45, 2.75) is 6.61 Å². The average molecular weight is 447 g/mol. The van der Waals surface area contributed by atoms with Crippen LogP contribution >= 0.6 is 0 Å². The molecule has 0 unspecified atom stereocenters. The van der Waals surface area contributed by atoms with Crippen LogP contribution < -0.4 is 20.7 Å². The Balaban J connectivity index is 1.62. The Labute approximate surface area is 188 Å². The molecule has 0 bridgehead atoms. The highest BCUT2D eigenvalue weighted by atomic mass is 19.3. The number of urea groups is 1. The SMILES string of the molecule is NC(=O)N(c1ccc(OC(F)F)cc1)c1cc(-c2ccnc(Nc3ccccc3)c2)ccn1. The van der Waals surface area contributed by atoms with Gasteiger partial charge in [0.25, 0.3) is 0 Å². The minimum atomic E-state index is -2.94. The summed E-state index contributed by atoms with van der Waals surface area (Å²) in [7, 11) is 0. The second-order valence-electron chi connectivity index (χ2n) is 6.87. The number of para-hydroxylation sites is 1. The van der Waals surface area contributed by atoms with Crippen LogP contribution in [0.2, 0.25) is 0 Å². The molecule has 2 aromatic heterocycles. The normalized spacial score (nSPS) is 10.6. The number of halogens is 2. The van der Waals surface area contributed by atoms with Gasteiger partial charge in [0.1, 0.15) is 17.4 Å². The standard InChI is InChI=1S/C24H19F2N5O2/c25-23(26)33-20-8-6-19(7-9-20)31(24(27)32)22-15-17(11-13-29-22)16-10-12-28-21(14-16)30-18-4-2-1-3-5-18/h1-15,23H,(H2,27,32)(H,28,30). The van der Waals surface area contributed by atoms with E-state index in [-0.39, 0.29) is 11.6 Å². The van der Waals surface area contributed by atoms with Gasteiger partial charge in [-0.15, -0.1) is 0 Å². The lowest BCUT2D eigenvalue weighted by atomic mass is 10.1. The maximum absolute atomic E-state index is 12.4. The molecule has 0 saturated carbocycles. The maximum Gasteiger partial charge on any atom is 0.387 e. The van der Waals surface area contributed by atoms with E-state index < -0.39 is 12.6 Å². The second kappa shape index (κ2) is 9.73. The van der Waals surface area contributed by atoms with Crippen molar-refractivity contribution < 1.29 is 18.3 Å². The van der Waals surface area contributed by atoms with Gasteiger partial charge in [-0.25, -0.2) is 19.7 Å². The molecule has 4 rings (SSSR count). The van der Waals surface area contributed by atoms with Crippen molar-refractivity contribution >= 4 is 29.0 Å². The number of hydrogen-bond acceptors (Lipinski definition) is 5. The van der Waals surface area contributed by atoms with Gasteiger partial charge in [0.2, 0.25) is 0 Å². The monoisotopic (exact) mass is 447 g/mol. The summed E-state index contributed by atoms with van der Waals surface area (Å²) in [5, 5.41) is 3.24. The van der Waals surface area contributed by atoms with Crippen LogP contribution in [0.4, 0.5) is 36.6 Å². The Kier molecular flexibility index (Phi) is 6.40. The number of anilines is 4. The molecule has 0 radical (unpaired) electrons. The zero-order valence-electron chi connectivity index (χ0n) is 17.2. The highest BCUT2D eigenvalue weighted by Gasteiger charge is 2.18. The van der Waals surface area contributed by atoms with Gasteiger partial charge < -0.3 is 15.8 Å². The molecular formula is C24H19F2N5O2. The molecule has 0 fully saturated rings. The number of carbonyl (C=O) groups excluding carboxylic acids is 1. The molecule has 0 saturated heterocycles. The number of hydrogen-bond donors (Lipinski definition) is 2. The number of alkyl halides is 2. The average Bonchev–Trinajstić information content (AvgIpc) is 2.81. The quantitative estimate of drug-likeness (QED) is 0.379. The number of carbonyl (C=O) groups is 1. The van der Waals surface area contributed by atoms with Gasteiger partial charge in [-0.3, -0.25) is 0 Å². The summed E-state index contributed by atoms with van der Waals surface area (Å²) >= 11 is 0. The molecule has 166 valence electrons. The van der Waals surface area contributed by atoms with E-state index in [1.54, 1.807) is 24.5 Å². The van der Waals surface area contributed by atoms with Gasteiger partial charge in [0, 0.05) is 18.1 Å². The Morgan fingerprint density at radius 1 is 0.909 bits per heavy atom. The Morgan fingerprint density at radius 2 is 1.58 bits per heavy atom. The summed E-state index contributed by atoms with van der Waals surface area (Å²) in [6.45, 7) is -2.94. The summed E-state index contributed by atoms with van der Waals surface area (Å²) in [5.74, 6) is 0.894. The first-order valence-corrected chi connectivity index (χ1v) is 9.88. The van der Waals surface area contributed by atoms with Crippen molar-refractivity contribution in [1.29, 1.82) is 0 Å². The van der Waals surface area contributed by atoms with Gasteiger partial charge >= 0.3 is 12.6 Å². The Hall–Kier alpha value is -4.53. The molecule has 4 aromatic rings. The second-order valence-corrected chi connectivity index (χ2v) is 6.87. The van der Waals surface area contributed by atoms with Crippen molar-refractivity contribution in [3.05, 3.63) is 91.3 Å². The lowest BCUT2D eigenvalue weighted by molar-refractivity contribution is -0.0498. The number of ether oxygens (including phenoxy) is 1. The van der Waals surface area contributed by atoms with E-state index >= 15 is 0 Å². The lowest BCUT2D eigenvalue weighted by Gasteiger charge is -2.20. The van der Waals surface area contributed by atoms with Crippen LogP contribution in [-0.4, -0.2) is 22.6 Å². The topological polar surface area (TPSA) is 93.4 Å². The Morgan fingerprint density at radius 3 is 2.24 bits per heavy atom. The number of nitrogens with one attached hydrogen (secondary N) is 1. The highest BCUT2D eigenvalue weighted by molar-refractivity contribution is 5.98. The lowest BCUT2D eigenvalue weighted by Crippen LogP contribution is -2.32. The third-order valence-corrected chi connectivity index (χ3v) is 4.65. The van der Waals surface area contributed by atoms with Crippen LogP contribution in [0.15, 0.2) is 91.3 Å². The summed E-state index contributed by atoms with van der Waals surface area (Å²) < 4.78 is 29.2. The molecule has 33 heavy (non-hydrogen) atoms. The van der Waals surface area contributed by atoms with E-state index in [0.717, 1.165) is 16.8 Å². The number of aromatic nitrogens is 2. The largest absolute Gasteiger partial charge is 0.435 e. The molecule has 2 heterocycles. The summed E-state index contributed by atoms with van der Waals surface area (Å²) in [6, 6.07) is 21.6. The Bertz CT molecular complexity index is 1240. The first-order chi connectivity index (χ1) is 16.0. The molecule has 0 spiro atoms. The summed E-state index contributed by atoms with van der Waals surface area (Å²) in [5.41, 5.74) is 8.47. The summed E-state index contributed by atoms with van der Waals surface area (Å²) in [4.78, 5) is 22.0. The predicted octanol–water partition coefficient (Wildman–Crippen LogP) is 5.71. The zero-order valence-corrected chi connectivity index (χ0v) is 17.2. The van der Waals surface area contributed by atoms with Crippen molar-refractivity contribution in [2.24, 2.45) is 5.73 Å². The third kappa shape index (κ3) is 5.40. The third-order valence-electron chi connectivity index (χ3n) is 4.65. The number of nitrogens with zero attached hydrogens (tertiary/aromatic N) is 3. The van der Waals surface area contributed by atoms with Crippen LogP contribution in [-0.2, 0) is 0 Å². The van der Waals surface area contributed by atoms with Crippen molar-refractivity contribution in [3.8, 4) is 16.9 Å². The minimum absolute atomic E-state index is 0.0323. The van der Waals surface area contributed by atoms with Crippen LogP contribution in [0.5, 0.6) is 5.75 Å². The fourth-order valence-corrected chi connectivity index (χ4v) is 3.22. The smallest absolute Gasteiger partial charge is 0.387 e. The molecular weight excluding hydrogens is 428 g/mol. The van der Waals surface area contributed by atoms with Gasteiger partial charge in [0.05, 0.1) is 5.69 Å². The van der Waals surface area contributed by atoms with Crippen molar-refractivity contribution in [1.82, 2.24) is 9.97 Å². The predicted molar refractivity (Wildman–Crippen MR) is 122 cm³/mol. The van der Waals surface area contributed by atoms with Crippen LogP contribution in [0.3, 0.4) is 0 Å². The number of benzene rings is 2. The fourth-order valence-electron chi connectivity index (χ4n) is 3.22. The van der Waals surface area contributed by atoms with Crippen molar-refractivity contribution in [3.63, 3.8) is 0 Å². The molecule has 3 N–H and O–H groups in total. The molecule has 7 nitrogen and oxygen atoms in total. The van der Waals surface area contributed by atoms with E-state index in [0.29, 0.717) is 11.5 Å². The van der Waals surface area contributed by atoms with Gasteiger partial charge in [-0.1, -0.05) is 18.2 Å². The molecule has 0 atom stereocenters. The van der Waals surface area contributed by atoms with Crippen LogP contribution in [0.25, 0.3) is 11.1 Å². The molecule has 0 aliphatic carbocycles. The molecule has 2 aromatic carbocycles. The molecule has 0 aliphatic rings. The van der Waals surface area contributed by atoms with Gasteiger partial charge in [-0.2, -0.15) is 8.78 Å². The number of nitrogens with two attached hydrogens (primary N) is 1. The van der Waals surface area contributed by atoms with E-state index in [1.807, 2.05) is 42.5 Å². The number of amides is 2. The molecule has 2 amide bonds. The highest BCUT2D eigenvalue weighted by Crippen LogP contribution is 2.30. The van der Waals surface area contributed by atoms with E-state index in [1.165, 1.54) is 29.2 Å². The molecule has 0 aliphatic heterocycles. The molecule has 9 heteroatoms. The first kappa shape index (κ1) is 21.7. The maximum atomic E-state index is 12.4. The van der Waals surface area contributed by atoms with Crippen LogP contribution in [0, 0.1) is 0 Å². The van der Waals surface area contributed by atoms with Gasteiger partial charge in [0.15, 0.2) is 0 Å². The minimum Gasteiger partial charge on any atom is -0.435 e. The van der Waals surface area contributed by atoms with E-state index in [9.17, 15) is 13.6 Å². The van der Waals surface area contributed by atoms with Crippen LogP contribution in [0.1, 0.15) is 0 Å².